The molecular formula is C19H26ClN5OS. The molecule has 1 saturated heterocycles. The fourth-order valence-corrected chi connectivity index (χ4v) is 4.41. The Morgan fingerprint density at radius 1 is 1.41 bits per heavy atom. The molecule has 1 aromatic heterocycles. The molecule has 0 saturated carbocycles. The molecule has 3 N–H and O–H groups in total. The van der Waals surface area contributed by atoms with E-state index in [1.54, 1.807) is 18.0 Å². The minimum Gasteiger partial charge on any atom is -0.387 e. The third kappa shape index (κ3) is 5.64. The molecule has 0 amide bonds. The van der Waals surface area contributed by atoms with E-state index in [1.807, 2.05) is 48.1 Å². The summed E-state index contributed by atoms with van der Waals surface area (Å²) in [6.07, 6.45) is 4.51. The fraction of sp³-hybridized carbons (Fsp3) is 0.474. The van der Waals surface area contributed by atoms with Crippen LogP contribution in [0.2, 0.25) is 5.02 Å². The van der Waals surface area contributed by atoms with Crippen LogP contribution in [0.3, 0.4) is 0 Å². The van der Waals surface area contributed by atoms with Crippen molar-refractivity contribution in [2.24, 2.45) is 4.99 Å². The number of nitrogens with zero attached hydrogens (tertiary/aromatic N) is 3. The third-order valence-corrected chi connectivity index (χ3v) is 6.01. The van der Waals surface area contributed by atoms with Gasteiger partial charge in [0.2, 0.25) is 0 Å². The van der Waals surface area contributed by atoms with Crippen LogP contribution in [0.4, 0.5) is 0 Å². The molecule has 0 radical (unpaired) electrons. The van der Waals surface area contributed by atoms with E-state index in [1.165, 1.54) is 0 Å². The summed E-state index contributed by atoms with van der Waals surface area (Å²) < 4.78 is 1.92. The van der Waals surface area contributed by atoms with Crippen LogP contribution < -0.4 is 10.6 Å². The molecule has 1 aliphatic rings. The van der Waals surface area contributed by atoms with Crippen LogP contribution >= 0.6 is 23.4 Å². The number of aromatic nitrogens is 2. The molecule has 0 bridgehead atoms. The highest BCUT2D eigenvalue weighted by molar-refractivity contribution is 7.99. The second kappa shape index (κ2) is 9.48. The summed E-state index contributed by atoms with van der Waals surface area (Å²) in [7, 11) is 0. The number of aliphatic imine (C=N–C) groups is 1. The second-order valence-electron chi connectivity index (χ2n) is 6.66. The summed E-state index contributed by atoms with van der Waals surface area (Å²) in [5.74, 6) is 2.44. The number of guanidine groups is 1. The van der Waals surface area contributed by atoms with Crippen LogP contribution in [-0.2, 0) is 0 Å². The summed E-state index contributed by atoms with van der Waals surface area (Å²) in [5.41, 5.74) is 0.419. The zero-order valence-electron chi connectivity index (χ0n) is 15.4. The number of thioether (sulfide) groups is 1. The van der Waals surface area contributed by atoms with Crippen LogP contribution in [0, 0.1) is 0 Å². The Labute approximate surface area is 169 Å². The van der Waals surface area contributed by atoms with Gasteiger partial charge in [-0.3, -0.25) is 9.67 Å². The van der Waals surface area contributed by atoms with Gasteiger partial charge in [-0.2, -0.15) is 16.9 Å². The van der Waals surface area contributed by atoms with E-state index in [0.29, 0.717) is 24.1 Å². The highest BCUT2D eigenvalue weighted by atomic mass is 35.5. The van der Waals surface area contributed by atoms with E-state index in [-0.39, 0.29) is 6.04 Å². The van der Waals surface area contributed by atoms with Crippen LogP contribution in [-0.4, -0.2) is 57.6 Å². The maximum absolute atomic E-state index is 10.5. The van der Waals surface area contributed by atoms with E-state index in [2.05, 4.69) is 20.7 Å². The van der Waals surface area contributed by atoms with Crippen LogP contribution in [0.25, 0.3) is 0 Å². The lowest BCUT2D eigenvalue weighted by molar-refractivity contribution is 0.0778. The summed E-state index contributed by atoms with van der Waals surface area (Å²) in [6, 6.07) is 9.72. The van der Waals surface area contributed by atoms with Crippen molar-refractivity contribution in [3.63, 3.8) is 0 Å². The lowest BCUT2D eigenvalue weighted by Crippen LogP contribution is -2.42. The lowest BCUT2D eigenvalue weighted by Gasteiger charge is -2.22. The standard InChI is InChI=1S/C19H26ClN5OS/c1-2-21-18(23-13-19(26)8-11-27-14-19)22-12-17(25-10-3-9-24-25)15-4-6-16(20)7-5-15/h3-7,9-10,17,26H,2,8,11-14H2,1H3,(H2,21,22,23). The van der Waals surface area contributed by atoms with Gasteiger partial charge in [-0.25, -0.2) is 0 Å². The monoisotopic (exact) mass is 407 g/mol. The van der Waals surface area contributed by atoms with Crippen molar-refractivity contribution >= 4 is 29.3 Å². The van der Waals surface area contributed by atoms with Crippen molar-refractivity contribution < 1.29 is 5.11 Å². The molecule has 8 heteroatoms. The zero-order valence-corrected chi connectivity index (χ0v) is 17.0. The molecule has 1 aromatic carbocycles. The summed E-state index contributed by atoms with van der Waals surface area (Å²) in [6.45, 7) is 3.80. The average Bonchev–Trinajstić information content (AvgIpc) is 3.34. The summed E-state index contributed by atoms with van der Waals surface area (Å²) >= 11 is 7.81. The smallest absolute Gasteiger partial charge is 0.191 e. The number of rotatable bonds is 7. The van der Waals surface area contributed by atoms with Crippen LogP contribution in [0.15, 0.2) is 47.7 Å². The largest absolute Gasteiger partial charge is 0.387 e. The normalized spacial score (nSPS) is 21.2. The SMILES string of the molecule is CCNC(=NCC1(O)CCSC1)NCC(c1ccc(Cl)cc1)n1cccn1. The van der Waals surface area contributed by atoms with Gasteiger partial charge in [0.05, 0.1) is 18.2 Å². The van der Waals surface area contributed by atoms with Crippen molar-refractivity contribution in [2.75, 3.05) is 31.1 Å². The Hall–Kier alpha value is -1.70. The van der Waals surface area contributed by atoms with E-state index >= 15 is 0 Å². The maximum Gasteiger partial charge on any atom is 0.191 e. The van der Waals surface area contributed by atoms with Gasteiger partial charge in [-0.05, 0) is 42.9 Å². The Morgan fingerprint density at radius 3 is 2.85 bits per heavy atom. The molecule has 2 atom stereocenters. The Bertz CT molecular complexity index is 729. The van der Waals surface area contributed by atoms with E-state index in [9.17, 15) is 5.11 Å². The Morgan fingerprint density at radius 2 is 2.22 bits per heavy atom. The topological polar surface area (TPSA) is 74.5 Å². The van der Waals surface area contributed by atoms with E-state index in [4.69, 9.17) is 11.6 Å². The predicted molar refractivity (Wildman–Crippen MR) is 113 cm³/mol. The predicted octanol–water partition coefficient (Wildman–Crippen LogP) is 2.55. The van der Waals surface area contributed by atoms with Crippen molar-refractivity contribution in [3.05, 3.63) is 53.3 Å². The van der Waals surface area contributed by atoms with Gasteiger partial charge in [-0.15, -0.1) is 0 Å². The molecule has 1 aliphatic heterocycles. The molecular weight excluding hydrogens is 382 g/mol. The van der Waals surface area contributed by atoms with Gasteiger partial charge in [0.1, 0.15) is 0 Å². The molecule has 2 aromatic rings. The molecule has 1 fully saturated rings. The van der Waals surface area contributed by atoms with Crippen molar-refractivity contribution in [3.8, 4) is 0 Å². The highest BCUT2D eigenvalue weighted by Gasteiger charge is 2.31. The first-order chi connectivity index (χ1) is 13.1. The summed E-state index contributed by atoms with van der Waals surface area (Å²) in [5, 5.41) is 22.3. The second-order valence-corrected chi connectivity index (χ2v) is 8.20. The molecule has 2 heterocycles. The number of benzene rings is 1. The van der Waals surface area contributed by atoms with Crippen molar-refractivity contribution in [1.82, 2.24) is 20.4 Å². The number of aliphatic hydroxyl groups is 1. The molecule has 146 valence electrons. The van der Waals surface area contributed by atoms with Gasteiger partial charge in [0, 0.05) is 36.3 Å². The van der Waals surface area contributed by atoms with Crippen molar-refractivity contribution in [2.45, 2.75) is 25.0 Å². The third-order valence-electron chi connectivity index (χ3n) is 4.52. The van der Waals surface area contributed by atoms with Gasteiger partial charge >= 0.3 is 0 Å². The zero-order chi connectivity index (χ0) is 19.1. The molecule has 0 spiro atoms. The quantitative estimate of drug-likeness (QED) is 0.486. The molecule has 2 unspecified atom stereocenters. The van der Waals surface area contributed by atoms with Gasteiger partial charge < -0.3 is 15.7 Å². The molecule has 27 heavy (non-hydrogen) atoms. The highest BCUT2D eigenvalue weighted by Crippen LogP contribution is 2.27. The first-order valence-corrected chi connectivity index (χ1v) is 10.7. The molecule has 0 aliphatic carbocycles. The van der Waals surface area contributed by atoms with Crippen molar-refractivity contribution in [1.29, 1.82) is 0 Å². The Kier molecular flexibility index (Phi) is 7.04. The fourth-order valence-electron chi connectivity index (χ4n) is 3.00. The number of halogens is 1. The minimum absolute atomic E-state index is 0.00578. The first-order valence-electron chi connectivity index (χ1n) is 9.16. The number of hydrogen-bond acceptors (Lipinski definition) is 4. The average molecular weight is 408 g/mol. The van der Waals surface area contributed by atoms with Crippen LogP contribution in [0.1, 0.15) is 24.9 Å². The molecule has 6 nitrogen and oxygen atoms in total. The molecule has 3 rings (SSSR count). The van der Waals surface area contributed by atoms with Crippen LogP contribution in [0.5, 0.6) is 0 Å². The number of nitrogens with one attached hydrogen (secondary N) is 2. The first kappa shape index (κ1) is 20.0. The lowest BCUT2D eigenvalue weighted by atomic mass is 10.0. The van der Waals surface area contributed by atoms with E-state index < -0.39 is 5.60 Å². The Balaban J connectivity index is 1.71. The maximum atomic E-state index is 10.5. The summed E-state index contributed by atoms with van der Waals surface area (Å²) in [4.78, 5) is 4.61. The van der Waals surface area contributed by atoms with Gasteiger partial charge in [0.25, 0.3) is 0 Å². The minimum atomic E-state index is -0.690. The van der Waals surface area contributed by atoms with E-state index in [0.717, 1.165) is 30.0 Å². The van der Waals surface area contributed by atoms with Gasteiger partial charge in [-0.1, -0.05) is 23.7 Å². The van der Waals surface area contributed by atoms with Gasteiger partial charge in [0.15, 0.2) is 5.96 Å². The number of hydrogen-bond donors (Lipinski definition) is 3.